The molecule has 22 heavy (non-hydrogen) atoms. The van der Waals surface area contributed by atoms with Crippen LogP contribution in [0.25, 0.3) is 11.0 Å². The average molecular weight is 314 g/mol. The predicted molar refractivity (Wildman–Crippen MR) is 83.5 cm³/mol. The Morgan fingerprint density at radius 2 is 2.05 bits per heavy atom. The Morgan fingerprint density at radius 1 is 1.23 bits per heavy atom. The summed E-state index contributed by atoms with van der Waals surface area (Å²) < 4.78 is 5.19. The van der Waals surface area contributed by atoms with Crippen LogP contribution in [0.2, 0.25) is 0 Å². The van der Waals surface area contributed by atoms with Crippen LogP contribution in [-0.2, 0) is 0 Å². The number of amides is 1. The quantitative estimate of drug-likeness (QED) is 0.274. The Hall–Kier alpha value is -2.93. The smallest absolute Gasteiger partial charge is 0.352 e. The number of carbonyl (C=O) groups is 1. The Labute approximate surface area is 128 Å². The highest BCUT2D eigenvalue weighted by Gasteiger charge is 2.14. The third-order valence-electron chi connectivity index (χ3n) is 2.99. The van der Waals surface area contributed by atoms with Crippen molar-refractivity contribution in [2.24, 2.45) is 5.73 Å². The maximum absolute atomic E-state index is 11.9. The lowest BCUT2D eigenvalue weighted by molar-refractivity contribution is -0.508. The highest BCUT2D eigenvalue weighted by molar-refractivity contribution is 7.12. The number of benzene rings is 1. The van der Waals surface area contributed by atoms with Crippen LogP contribution in [0, 0.1) is 0 Å². The van der Waals surface area contributed by atoms with Gasteiger partial charge in [-0.25, -0.2) is 4.79 Å². The summed E-state index contributed by atoms with van der Waals surface area (Å²) >= 11 is 1.30. The molecule has 3 rings (SSSR count). The molecule has 1 amide bonds. The van der Waals surface area contributed by atoms with Crippen molar-refractivity contribution < 1.29 is 14.3 Å². The summed E-state index contributed by atoms with van der Waals surface area (Å²) in [6.45, 7) is 0. The normalized spacial score (nSPS) is 11.5. The Morgan fingerprint density at radius 3 is 2.82 bits per heavy atom. The molecule has 0 saturated heterocycles. The third kappa shape index (κ3) is 2.75. The first-order valence-electron chi connectivity index (χ1n) is 6.41. The van der Waals surface area contributed by atoms with Crippen molar-refractivity contribution in [2.45, 2.75) is 0 Å². The average Bonchev–Trinajstić information content (AvgIpc) is 3.06. The summed E-state index contributed by atoms with van der Waals surface area (Å²) in [6, 6.07) is 12.2. The highest BCUT2D eigenvalue weighted by atomic mass is 32.1. The van der Waals surface area contributed by atoms with Crippen LogP contribution in [-0.4, -0.2) is 11.7 Å². The number of nitrogens with one attached hydrogen (secondary N) is 2. The van der Waals surface area contributed by atoms with Crippen molar-refractivity contribution in [1.82, 2.24) is 5.43 Å². The first-order valence-corrected chi connectivity index (χ1v) is 7.28. The van der Waals surface area contributed by atoms with Gasteiger partial charge in [0.15, 0.2) is 5.56 Å². The maximum atomic E-state index is 11.9. The summed E-state index contributed by atoms with van der Waals surface area (Å²) in [5, 5.41) is 5.07. The SMILES string of the molecule is NC(=[NH+]NC(=O)c1cccs1)c1cc2ccccc2oc1=O. The molecule has 7 heteroatoms. The van der Waals surface area contributed by atoms with Crippen LogP contribution in [0.5, 0.6) is 0 Å². The minimum absolute atomic E-state index is 0.0180. The zero-order chi connectivity index (χ0) is 15.5. The second-order valence-electron chi connectivity index (χ2n) is 4.46. The topological polar surface area (TPSA) is 99.3 Å². The first kappa shape index (κ1) is 14.0. The highest BCUT2D eigenvalue weighted by Crippen LogP contribution is 2.11. The van der Waals surface area contributed by atoms with Gasteiger partial charge in [0.25, 0.3) is 5.91 Å². The minimum Gasteiger partial charge on any atom is -0.422 e. The molecule has 110 valence electrons. The summed E-state index contributed by atoms with van der Waals surface area (Å²) in [7, 11) is 0. The second kappa shape index (κ2) is 5.82. The van der Waals surface area contributed by atoms with Gasteiger partial charge in [-0.05, 0) is 23.6 Å². The Bertz CT molecular complexity index is 913. The number of thiophene rings is 1. The number of carbonyl (C=O) groups excluding carboxylic acids is 1. The van der Waals surface area contributed by atoms with Gasteiger partial charge in [0, 0.05) is 5.39 Å². The lowest BCUT2D eigenvalue weighted by atomic mass is 10.2. The van der Waals surface area contributed by atoms with E-state index in [-0.39, 0.29) is 17.3 Å². The molecular weight excluding hydrogens is 302 g/mol. The monoisotopic (exact) mass is 314 g/mol. The second-order valence-corrected chi connectivity index (χ2v) is 5.40. The van der Waals surface area contributed by atoms with Gasteiger partial charge in [-0.15, -0.1) is 11.3 Å². The maximum Gasteiger partial charge on any atom is 0.352 e. The number of amidine groups is 1. The van der Waals surface area contributed by atoms with E-state index in [4.69, 9.17) is 10.2 Å². The molecule has 2 heterocycles. The zero-order valence-electron chi connectivity index (χ0n) is 11.3. The molecule has 1 aromatic carbocycles. The van der Waals surface area contributed by atoms with E-state index in [2.05, 4.69) is 10.5 Å². The molecule has 0 fully saturated rings. The first-order chi connectivity index (χ1) is 10.6. The number of para-hydroxylation sites is 1. The molecule has 0 spiro atoms. The van der Waals surface area contributed by atoms with Crippen molar-refractivity contribution in [3.05, 3.63) is 68.7 Å². The van der Waals surface area contributed by atoms with Gasteiger partial charge < -0.3 is 4.42 Å². The largest absolute Gasteiger partial charge is 0.422 e. The van der Waals surface area contributed by atoms with Gasteiger partial charge in [-0.3, -0.25) is 10.5 Å². The molecule has 0 aliphatic carbocycles. The minimum atomic E-state index is -0.575. The summed E-state index contributed by atoms with van der Waals surface area (Å²) in [5.41, 5.74) is 8.32. The number of hydrogen-bond donors (Lipinski definition) is 3. The lowest BCUT2D eigenvalue weighted by Gasteiger charge is -1.99. The van der Waals surface area contributed by atoms with E-state index in [0.29, 0.717) is 10.5 Å². The van der Waals surface area contributed by atoms with Crippen LogP contribution in [0.1, 0.15) is 15.2 Å². The van der Waals surface area contributed by atoms with E-state index in [1.54, 1.807) is 41.8 Å². The van der Waals surface area contributed by atoms with Crippen LogP contribution in [0.4, 0.5) is 0 Å². The van der Waals surface area contributed by atoms with Gasteiger partial charge in [-0.2, -0.15) is 10.5 Å². The standard InChI is InChI=1S/C15H11N3O3S/c16-13(17-18-14(19)12-6-3-7-22-12)10-8-9-4-1-2-5-11(9)21-15(10)20/h1-8H,(H2,16,17)(H,18,19)/p+1. The fraction of sp³-hybridized carbons (Fsp3) is 0. The third-order valence-corrected chi connectivity index (χ3v) is 3.86. The van der Waals surface area contributed by atoms with Crippen LogP contribution in [0.15, 0.2) is 57.1 Å². The predicted octanol–water partition coefficient (Wildman–Crippen LogP) is -0.0146. The van der Waals surface area contributed by atoms with Gasteiger partial charge >= 0.3 is 11.5 Å². The number of nitrogens with two attached hydrogens (primary N) is 1. The van der Waals surface area contributed by atoms with Gasteiger partial charge in [0.05, 0.1) is 4.88 Å². The van der Waals surface area contributed by atoms with Gasteiger partial charge in [0.2, 0.25) is 0 Å². The molecular formula is C15H12N3O3S+. The Kier molecular flexibility index (Phi) is 3.71. The fourth-order valence-corrected chi connectivity index (χ4v) is 2.53. The lowest BCUT2D eigenvalue weighted by Crippen LogP contribution is -2.86. The summed E-state index contributed by atoms with van der Waals surface area (Å²) in [5.74, 6) is -0.312. The molecule has 0 bridgehead atoms. The molecule has 0 atom stereocenters. The molecule has 3 aromatic rings. The van der Waals surface area contributed by atoms with E-state index in [1.165, 1.54) is 11.3 Å². The number of rotatable bonds is 3. The van der Waals surface area contributed by atoms with Gasteiger partial charge in [0.1, 0.15) is 5.58 Å². The molecule has 2 aromatic heterocycles. The van der Waals surface area contributed by atoms with Crippen molar-refractivity contribution in [1.29, 1.82) is 0 Å². The summed E-state index contributed by atoms with van der Waals surface area (Å²) in [4.78, 5) is 24.3. The van der Waals surface area contributed by atoms with Crippen LogP contribution in [0.3, 0.4) is 0 Å². The molecule has 4 N–H and O–H groups in total. The van der Waals surface area contributed by atoms with Crippen LogP contribution >= 0.6 is 11.3 Å². The molecule has 0 aliphatic heterocycles. The molecule has 0 radical (unpaired) electrons. The number of hydrazine groups is 1. The number of hydrazone groups is 1. The van der Waals surface area contributed by atoms with E-state index in [1.807, 2.05) is 6.07 Å². The number of hydrogen-bond acceptors (Lipinski definition) is 4. The molecule has 0 unspecified atom stereocenters. The van der Waals surface area contributed by atoms with Crippen molar-refractivity contribution in [3.8, 4) is 0 Å². The Balaban J connectivity index is 1.89. The van der Waals surface area contributed by atoms with Gasteiger partial charge in [-0.1, -0.05) is 24.3 Å². The molecule has 0 saturated carbocycles. The zero-order valence-corrected chi connectivity index (χ0v) is 12.1. The van der Waals surface area contributed by atoms with E-state index in [0.717, 1.165) is 5.39 Å². The number of fused-ring (bicyclic) bond motifs is 1. The van der Waals surface area contributed by atoms with E-state index in [9.17, 15) is 9.59 Å². The van der Waals surface area contributed by atoms with Crippen molar-refractivity contribution in [2.75, 3.05) is 0 Å². The van der Waals surface area contributed by atoms with E-state index >= 15 is 0 Å². The van der Waals surface area contributed by atoms with E-state index < -0.39 is 5.63 Å². The number of nitrogen functional groups attached to an aromatic ring is 1. The molecule has 6 nitrogen and oxygen atoms in total. The summed E-state index contributed by atoms with van der Waals surface area (Å²) in [6.07, 6.45) is 0. The van der Waals surface area contributed by atoms with Crippen molar-refractivity contribution in [3.63, 3.8) is 0 Å². The van der Waals surface area contributed by atoms with Crippen molar-refractivity contribution >= 4 is 34.0 Å². The van der Waals surface area contributed by atoms with Crippen LogP contribution < -0.4 is 21.9 Å². The fourth-order valence-electron chi connectivity index (χ4n) is 1.91. The molecule has 0 aliphatic rings.